The molecule has 1 N–H and O–H groups in total. The summed E-state index contributed by atoms with van der Waals surface area (Å²) in [6, 6.07) is 8.77. The van der Waals surface area contributed by atoms with Crippen LogP contribution in [-0.4, -0.2) is 44.8 Å². The molecule has 1 aromatic rings. The molecule has 0 aliphatic carbocycles. The highest BCUT2D eigenvalue weighted by Crippen LogP contribution is 2.09. The van der Waals surface area contributed by atoms with Crippen molar-refractivity contribution >= 4 is 6.08 Å². The summed E-state index contributed by atoms with van der Waals surface area (Å²) < 4.78 is 4.99. The molecule has 0 radical (unpaired) electrons. The van der Waals surface area contributed by atoms with Crippen molar-refractivity contribution in [2.45, 2.75) is 6.54 Å². The Labute approximate surface area is 109 Å². The quantitative estimate of drug-likeness (QED) is 0.856. The van der Waals surface area contributed by atoms with Crippen molar-refractivity contribution in [1.82, 2.24) is 10.2 Å². The molecular formula is C15H22N2O. The van der Waals surface area contributed by atoms with E-state index in [1.807, 2.05) is 6.08 Å². The molecule has 1 aromatic carbocycles. The van der Waals surface area contributed by atoms with E-state index in [1.54, 1.807) is 7.11 Å². The van der Waals surface area contributed by atoms with Gasteiger partial charge in [0.05, 0.1) is 6.61 Å². The maximum atomic E-state index is 4.99. The van der Waals surface area contributed by atoms with E-state index in [-0.39, 0.29) is 0 Å². The molecule has 0 unspecified atom stereocenters. The van der Waals surface area contributed by atoms with E-state index in [2.05, 4.69) is 40.6 Å². The van der Waals surface area contributed by atoms with Gasteiger partial charge in [-0.1, -0.05) is 36.4 Å². The Balaban J connectivity index is 1.86. The lowest BCUT2D eigenvalue weighted by molar-refractivity contribution is 0.233. The normalized spacial score (nSPS) is 17.4. The number of nitrogens with one attached hydrogen (secondary N) is 1. The molecule has 1 heterocycles. The molecule has 18 heavy (non-hydrogen) atoms. The van der Waals surface area contributed by atoms with Crippen molar-refractivity contribution in [3.8, 4) is 0 Å². The second-order valence-corrected chi connectivity index (χ2v) is 4.63. The Bertz CT molecular complexity index is 367. The van der Waals surface area contributed by atoms with E-state index >= 15 is 0 Å². The molecule has 1 aliphatic rings. The van der Waals surface area contributed by atoms with Gasteiger partial charge in [0.1, 0.15) is 0 Å². The molecular weight excluding hydrogens is 224 g/mol. The first kappa shape index (κ1) is 13.3. The van der Waals surface area contributed by atoms with Gasteiger partial charge in [-0.25, -0.2) is 0 Å². The molecule has 2 rings (SSSR count). The van der Waals surface area contributed by atoms with Crippen LogP contribution in [0.3, 0.4) is 0 Å². The van der Waals surface area contributed by atoms with E-state index in [0.29, 0.717) is 6.61 Å². The summed E-state index contributed by atoms with van der Waals surface area (Å²) in [5.41, 5.74) is 2.62. The van der Waals surface area contributed by atoms with Crippen molar-refractivity contribution in [2.24, 2.45) is 0 Å². The molecule has 0 atom stereocenters. The third-order valence-corrected chi connectivity index (χ3v) is 3.17. The molecule has 1 fully saturated rings. The fourth-order valence-corrected chi connectivity index (χ4v) is 2.14. The zero-order valence-electron chi connectivity index (χ0n) is 11.1. The van der Waals surface area contributed by atoms with Crippen molar-refractivity contribution in [1.29, 1.82) is 0 Å². The first-order valence-corrected chi connectivity index (χ1v) is 6.56. The van der Waals surface area contributed by atoms with E-state index in [9.17, 15) is 0 Å². The summed E-state index contributed by atoms with van der Waals surface area (Å²) in [5, 5.41) is 3.38. The molecule has 0 amide bonds. The minimum Gasteiger partial charge on any atom is -0.381 e. The number of benzene rings is 1. The molecule has 98 valence electrons. The minimum absolute atomic E-state index is 0.669. The predicted molar refractivity (Wildman–Crippen MR) is 75.5 cm³/mol. The van der Waals surface area contributed by atoms with Crippen LogP contribution in [0.15, 0.2) is 30.3 Å². The Morgan fingerprint density at radius 1 is 1.22 bits per heavy atom. The molecule has 0 aromatic heterocycles. The van der Waals surface area contributed by atoms with Crippen LogP contribution in [0.5, 0.6) is 0 Å². The van der Waals surface area contributed by atoms with Gasteiger partial charge in [-0.05, 0) is 11.1 Å². The highest BCUT2D eigenvalue weighted by atomic mass is 16.5. The van der Waals surface area contributed by atoms with Crippen LogP contribution in [0, 0.1) is 0 Å². The topological polar surface area (TPSA) is 24.5 Å². The van der Waals surface area contributed by atoms with Gasteiger partial charge in [0.15, 0.2) is 0 Å². The van der Waals surface area contributed by atoms with E-state index in [1.165, 1.54) is 11.1 Å². The summed E-state index contributed by atoms with van der Waals surface area (Å²) in [7, 11) is 1.71. The maximum Gasteiger partial charge on any atom is 0.0646 e. The first-order chi connectivity index (χ1) is 8.88. The SMILES string of the molecule is COCC=Cc1ccc(CN2CCNCC2)cc1. The van der Waals surface area contributed by atoms with Crippen molar-refractivity contribution in [3.05, 3.63) is 41.5 Å². The zero-order chi connectivity index (χ0) is 12.6. The van der Waals surface area contributed by atoms with Crippen LogP contribution in [0.25, 0.3) is 6.08 Å². The maximum absolute atomic E-state index is 4.99. The van der Waals surface area contributed by atoms with Crippen molar-refractivity contribution < 1.29 is 4.74 Å². The summed E-state index contributed by atoms with van der Waals surface area (Å²) in [4.78, 5) is 2.49. The predicted octanol–water partition coefficient (Wildman–Crippen LogP) is 1.75. The second-order valence-electron chi connectivity index (χ2n) is 4.63. The van der Waals surface area contributed by atoms with Crippen molar-refractivity contribution in [2.75, 3.05) is 39.9 Å². The first-order valence-electron chi connectivity index (χ1n) is 6.56. The number of ether oxygens (including phenoxy) is 1. The summed E-state index contributed by atoms with van der Waals surface area (Å²) in [6.07, 6.45) is 4.13. The Kier molecular flexibility index (Phi) is 5.39. The van der Waals surface area contributed by atoms with Crippen LogP contribution < -0.4 is 5.32 Å². The van der Waals surface area contributed by atoms with E-state index < -0.39 is 0 Å². The van der Waals surface area contributed by atoms with Crippen LogP contribution in [0.2, 0.25) is 0 Å². The summed E-state index contributed by atoms with van der Waals surface area (Å²) in [5.74, 6) is 0. The Morgan fingerprint density at radius 2 is 1.94 bits per heavy atom. The monoisotopic (exact) mass is 246 g/mol. The lowest BCUT2D eigenvalue weighted by Gasteiger charge is -2.27. The van der Waals surface area contributed by atoms with Gasteiger partial charge in [-0.15, -0.1) is 0 Å². The summed E-state index contributed by atoms with van der Waals surface area (Å²) in [6.45, 7) is 6.24. The van der Waals surface area contributed by atoms with Crippen LogP contribution in [0.4, 0.5) is 0 Å². The number of methoxy groups -OCH3 is 1. The fourth-order valence-electron chi connectivity index (χ4n) is 2.14. The third kappa shape index (κ3) is 4.26. The minimum atomic E-state index is 0.669. The van der Waals surface area contributed by atoms with Gasteiger partial charge >= 0.3 is 0 Å². The Hall–Kier alpha value is -1.16. The van der Waals surface area contributed by atoms with E-state index in [0.717, 1.165) is 32.7 Å². The molecule has 1 aliphatic heterocycles. The van der Waals surface area contributed by atoms with E-state index in [4.69, 9.17) is 4.74 Å². The highest BCUT2D eigenvalue weighted by molar-refractivity contribution is 5.49. The van der Waals surface area contributed by atoms with Crippen LogP contribution in [-0.2, 0) is 11.3 Å². The molecule has 0 bridgehead atoms. The average Bonchev–Trinajstić information content (AvgIpc) is 2.42. The van der Waals surface area contributed by atoms with Crippen molar-refractivity contribution in [3.63, 3.8) is 0 Å². The molecule has 1 saturated heterocycles. The van der Waals surface area contributed by atoms with Gasteiger partial charge in [0.2, 0.25) is 0 Å². The fraction of sp³-hybridized carbons (Fsp3) is 0.467. The third-order valence-electron chi connectivity index (χ3n) is 3.17. The largest absolute Gasteiger partial charge is 0.381 e. The van der Waals surface area contributed by atoms with Gasteiger partial charge in [-0.3, -0.25) is 4.90 Å². The molecule has 0 saturated carbocycles. The second kappa shape index (κ2) is 7.31. The molecule has 3 heteroatoms. The number of nitrogens with zero attached hydrogens (tertiary/aromatic N) is 1. The van der Waals surface area contributed by atoms with Gasteiger partial charge in [0, 0.05) is 39.8 Å². The number of rotatable bonds is 5. The van der Waals surface area contributed by atoms with Gasteiger partial charge in [-0.2, -0.15) is 0 Å². The van der Waals surface area contributed by atoms with Gasteiger partial charge in [0.25, 0.3) is 0 Å². The number of piperazine rings is 1. The van der Waals surface area contributed by atoms with Crippen LogP contribution in [0.1, 0.15) is 11.1 Å². The smallest absolute Gasteiger partial charge is 0.0646 e. The highest BCUT2D eigenvalue weighted by Gasteiger charge is 2.09. The zero-order valence-corrected chi connectivity index (χ0v) is 11.1. The number of hydrogen-bond donors (Lipinski definition) is 1. The lowest BCUT2D eigenvalue weighted by Crippen LogP contribution is -2.42. The number of hydrogen-bond acceptors (Lipinski definition) is 3. The average molecular weight is 246 g/mol. The van der Waals surface area contributed by atoms with Gasteiger partial charge < -0.3 is 10.1 Å². The standard InChI is InChI=1S/C15H22N2O/c1-18-12-2-3-14-4-6-15(7-5-14)13-17-10-8-16-9-11-17/h2-7,16H,8-13H2,1H3. The lowest BCUT2D eigenvalue weighted by atomic mass is 10.1. The molecule has 3 nitrogen and oxygen atoms in total. The molecule has 0 spiro atoms. The Morgan fingerprint density at radius 3 is 2.61 bits per heavy atom. The summed E-state index contributed by atoms with van der Waals surface area (Å²) >= 11 is 0. The van der Waals surface area contributed by atoms with Crippen LogP contribution >= 0.6 is 0 Å².